The maximum atomic E-state index is 11.9. The standard InChI is InChI=1S/C21H33N3O4.ClH/c1-21(2,3)23-19(25)15-28-17-9-8-16(13-18(17)27-4)14-22-10-6-12-24-11-5-7-20(24)26;/h8-9,13,22H,5-7,10-12,14-15H2,1-4H3,(H,23,25);1H. The second-order valence-corrected chi connectivity index (χ2v) is 8.09. The minimum Gasteiger partial charge on any atom is -0.493 e. The van der Waals surface area contributed by atoms with Crippen molar-refractivity contribution in [1.29, 1.82) is 0 Å². The number of amides is 2. The fourth-order valence-electron chi connectivity index (χ4n) is 3.11. The van der Waals surface area contributed by atoms with Crippen LogP contribution in [0.1, 0.15) is 45.6 Å². The van der Waals surface area contributed by atoms with Crippen LogP contribution in [0, 0.1) is 0 Å². The Hall–Kier alpha value is -1.99. The number of hydrogen-bond donors (Lipinski definition) is 2. The summed E-state index contributed by atoms with van der Waals surface area (Å²) < 4.78 is 11.0. The van der Waals surface area contributed by atoms with Crippen LogP contribution in [-0.4, -0.2) is 55.6 Å². The van der Waals surface area contributed by atoms with Crippen molar-refractivity contribution in [2.24, 2.45) is 0 Å². The van der Waals surface area contributed by atoms with E-state index in [9.17, 15) is 9.59 Å². The molecule has 0 spiro atoms. The number of halogens is 1. The van der Waals surface area contributed by atoms with Gasteiger partial charge in [-0.1, -0.05) is 6.07 Å². The lowest BCUT2D eigenvalue weighted by molar-refractivity contribution is -0.127. The van der Waals surface area contributed by atoms with E-state index in [1.165, 1.54) is 0 Å². The summed E-state index contributed by atoms with van der Waals surface area (Å²) >= 11 is 0. The van der Waals surface area contributed by atoms with Crippen LogP contribution >= 0.6 is 12.4 Å². The van der Waals surface area contributed by atoms with Crippen LogP contribution in [0.2, 0.25) is 0 Å². The van der Waals surface area contributed by atoms with E-state index < -0.39 is 0 Å². The van der Waals surface area contributed by atoms with Gasteiger partial charge in [0.2, 0.25) is 5.91 Å². The molecule has 2 amide bonds. The molecule has 0 aromatic heterocycles. The van der Waals surface area contributed by atoms with Gasteiger partial charge in [0.1, 0.15) is 0 Å². The largest absolute Gasteiger partial charge is 0.493 e. The van der Waals surface area contributed by atoms with E-state index in [0.29, 0.717) is 24.5 Å². The summed E-state index contributed by atoms with van der Waals surface area (Å²) in [6, 6.07) is 5.69. The van der Waals surface area contributed by atoms with Crippen molar-refractivity contribution in [3.05, 3.63) is 23.8 Å². The quantitative estimate of drug-likeness (QED) is 0.561. The fraction of sp³-hybridized carbons (Fsp3) is 0.619. The Bertz CT molecular complexity index is 676. The SMILES string of the molecule is COc1cc(CNCCCN2CCCC2=O)ccc1OCC(=O)NC(C)(C)C.Cl. The Balaban J connectivity index is 0.00000420. The van der Waals surface area contributed by atoms with Crippen LogP contribution in [0.5, 0.6) is 11.5 Å². The topological polar surface area (TPSA) is 79.9 Å². The first-order valence-corrected chi connectivity index (χ1v) is 9.88. The van der Waals surface area contributed by atoms with Crippen molar-refractivity contribution in [2.45, 2.75) is 52.1 Å². The average molecular weight is 428 g/mol. The molecule has 1 fully saturated rings. The number of hydrogen-bond acceptors (Lipinski definition) is 5. The molecular formula is C21H34ClN3O4. The molecule has 2 rings (SSSR count). The van der Waals surface area contributed by atoms with Gasteiger partial charge in [0.25, 0.3) is 5.91 Å². The van der Waals surface area contributed by atoms with E-state index in [1.807, 2.05) is 43.9 Å². The third kappa shape index (κ3) is 8.92. The Morgan fingerprint density at radius 2 is 2.00 bits per heavy atom. The second kappa shape index (κ2) is 11.9. The summed E-state index contributed by atoms with van der Waals surface area (Å²) in [6.45, 7) is 8.99. The van der Waals surface area contributed by atoms with Gasteiger partial charge in [-0.05, 0) is 57.9 Å². The van der Waals surface area contributed by atoms with Crippen LogP contribution < -0.4 is 20.1 Å². The third-order valence-corrected chi connectivity index (χ3v) is 4.38. The van der Waals surface area contributed by atoms with Crippen molar-refractivity contribution in [3.63, 3.8) is 0 Å². The van der Waals surface area contributed by atoms with E-state index >= 15 is 0 Å². The van der Waals surface area contributed by atoms with E-state index in [-0.39, 0.29) is 36.4 Å². The molecule has 8 heteroatoms. The van der Waals surface area contributed by atoms with Crippen molar-refractivity contribution >= 4 is 24.2 Å². The average Bonchev–Trinajstić information content (AvgIpc) is 3.03. The molecular weight excluding hydrogens is 394 g/mol. The number of rotatable bonds is 10. The van der Waals surface area contributed by atoms with Gasteiger partial charge in [-0.15, -0.1) is 12.4 Å². The Labute approximate surface area is 179 Å². The number of carbonyl (C=O) groups is 2. The van der Waals surface area contributed by atoms with Gasteiger partial charge in [0, 0.05) is 31.6 Å². The van der Waals surface area contributed by atoms with Crippen LogP contribution in [0.3, 0.4) is 0 Å². The molecule has 1 aliphatic rings. The van der Waals surface area contributed by atoms with Crippen LogP contribution in [0.4, 0.5) is 0 Å². The molecule has 0 saturated carbocycles. The van der Waals surface area contributed by atoms with Gasteiger partial charge in [0.05, 0.1) is 7.11 Å². The molecule has 1 aromatic carbocycles. The lowest BCUT2D eigenvalue weighted by Gasteiger charge is -2.20. The van der Waals surface area contributed by atoms with Crippen molar-refractivity contribution in [1.82, 2.24) is 15.5 Å². The van der Waals surface area contributed by atoms with Gasteiger partial charge in [-0.2, -0.15) is 0 Å². The van der Waals surface area contributed by atoms with Gasteiger partial charge in [-0.25, -0.2) is 0 Å². The monoisotopic (exact) mass is 427 g/mol. The molecule has 164 valence electrons. The predicted molar refractivity (Wildman–Crippen MR) is 116 cm³/mol. The third-order valence-electron chi connectivity index (χ3n) is 4.38. The Morgan fingerprint density at radius 1 is 1.24 bits per heavy atom. The lowest BCUT2D eigenvalue weighted by Crippen LogP contribution is -2.43. The van der Waals surface area contributed by atoms with E-state index in [2.05, 4.69) is 10.6 Å². The number of carbonyl (C=O) groups excluding carboxylic acids is 2. The Kier molecular flexibility index (Phi) is 10.3. The molecule has 29 heavy (non-hydrogen) atoms. The molecule has 7 nitrogen and oxygen atoms in total. The summed E-state index contributed by atoms with van der Waals surface area (Å²) in [7, 11) is 1.59. The summed E-state index contributed by atoms with van der Waals surface area (Å²) in [5, 5.41) is 6.25. The highest BCUT2D eigenvalue weighted by atomic mass is 35.5. The first-order chi connectivity index (χ1) is 13.3. The molecule has 1 aromatic rings. The first-order valence-electron chi connectivity index (χ1n) is 9.88. The highest BCUT2D eigenvalue weighted by Gasteiger charge is 2.19. The first kappa shape index (κ1) is 25.0. The summed E-state index contributed by atoms with van der Waals surface area (Å²) in [5.74, 6) is 1.25. The zero-order valence-electron chi connectivity index (χ0n) is 17.9. The predicted octanol–water partition coefficient (Wildman–Crippen LogP) is 2.51. The highest BCUT2D eigenvalue weighted by Crippen LogP contribution is 2.28. The number of ether oxygens (including phenoxy) is 2. The summed E-state index contributed by atoms with van der Waals surface area (Å²) in [6.07, 6.45) is 2.62. The molecule has 1 saturated heterocycles. The van der Waals surface area contributed by atoms with Crippen molar-refractivity contribution in [3.8, 4) is 11.5 Å². The molecule has 2 N–H and O–H groups in total. The van der Waals surface area contributed by atoms with Gasteiger partial charge in [-0.3, -0.25) is 9.59 Å². The van der Waals surface area contributed by atoms with Gasteiger partial charge < -0.3 is 25.0 Å². The maximum Gasteiger partial charge on any atom is 0.258 e. The number of methoxy groups -OCH3 is 1. The molecule has 0 radical (unpaired) electrons. The van der Waals surface area contributed by atoms with Crippen molar-refractivity contribution < 1.29 is 19.1 Å². The smallest absolute Gasteiger partial charge is 0.258 e. The zero-order chi connectivity index (χ0) is 20.6. The van der Waals surface area contributed by atoms with Gasteiger partial charge in [0.15, 0.2) is 18.1 Å². The fourth-order valence-corrected chi connectivity index (χ4v) is 3.11. The minimum atomic E-state index is -0.290. The number of benzene rings is 1. The second-order valence-electron chi connectivity index (χ2n) is 8.09. The number of likely N-dealkylation sites (tertiary alicyclic amines) is 1. The minimum absolute atomic E-state index is 0. The highest BCUT2D eigenvalue weighted by molar-refractivity contribution is 5.85. The van der Waals surface area contributed by atoms with E-state index in [4.69, 9.17) is 9.47 Å². The van der Waals surface area contributed by atoms with E-state index in [0.717, 1.165) is 38.0 Å². The molecule has 1 aliphatic heterocycles. The lowest BCUT2D eigenvalue weighted by atomic mass is 10.1. The number of nitrogens with one attached hydrogen (secondary N) is 2. The molecule has 0 unspecified atom stereocenters. The molecule has 0 atom stereocenters. The van der Waals surface area contributed by atoms with Crippen LogP contribution in [-0.2, 0) is 16.1 Å². The summed E-state index contributed by atoms with van der Waals surface area (Å²) in [5.41, 5.74) is 0.780. The van der Waals surface area contributed by atoms with E-state index in [1.54, 1.807) is 7.11 Å². The van der Waals surface area contributed by atoms with Crippen molar-refractivity contribution in [2.75, 3.05) is 33.4 Å². The van der Waals surface area contributed by atoms with Crippen LogP contribution in [0.25, 0.3) is 0 Å². The molecule has 0 aliphatic carbocycles. The van der Waals surface area contributed by atoms with Crippen LogP contribution in [0.15, 0.2) is 18.2 Å². The summed E-state index contributed by atoms with van der Waals surface area (Å²) in [4.78, 5) is 25.4. The Morgan fingerprint density at radius 3 is 2.62 bits per heavy atom. The maximum absolute atomic E-state index is 11.9. The number of nitrogens with zero attached hydrogens (tertiary/aromatic N) is 1. The zero-order valence-corrected chi connectivity index (χ0v) is 18.7. The molecule has 0 bridgehead atoms. The molecule has 1 heterocycles. The normalized spacial score (nSPS) is 13.8. The van der Waals surface area contributed by atoms with Gasteiger partial charge >= 0.3 is 0 Å².